The van der Waals surface area contributed by atoms with Gasteiger partial charge in [0.2, 0.25) is 0 Å². The quantitative estimate of drug-likeness (QED) is 0.659. The van der Waals surface area contributed by atoms with Crippen molar-refractivity contribution in [2.24, 2.45) is 5.92 Å². The molecule has 4 heteroatoms. The van der Waals surface area contributed by atoms with Gasteiger partial charge in [-0.1, -0.05) is 13.0 Å². The van der Waals surface area contributed by atoms with Crippen LogP contribution in [0.4, 0.5) is 4.79 Å². The molecule has 1 atom stereocenters. The van der Waals surface area contributed by atoms with Crippen molar-refractivity contribution in [3.63, 3.8) is 0 Å². The zero-order valence-corrected chi connectivity index (χ0v) is 11.0. The molecule has 0 aromatic carbocycles. The maximum atomic E-state index is 11.9. The van der Waals surface area contributed by atoms with E-state index >= 15 is 0 Å². The van der Waals surface area contributed by atoms with Crippen LogP contribution in [-0.2, 0) is 9.53 Å². The van der Waals surface area contributed by atoms with Gasteiger partial charge in [-0.3, -0.25) is 9.69 Å². The van der Waals surface area contributed by atoms with E-state index in [0.717, 1.165) is 12.0 Å². The molecule has 1 heterocycles. The predicted molar refractivity (Wildman–Crippen MR) is 65.1 cm³/mol. The summed E-state index contributed by atoms with van der Waals surface area (Å²) in [6, 6.07) is 0. The van der Waals surface area contributed by atoms with Crippen LogP contribution in [-0.4, -0.2) is 22.9 Å². The Kier molecular flexibility index (Phi) is 3.76. The van der Waals surface area contributed by atoms with E-state index in [1.807, 2.05) is 19.9 Å². The van der Waals surface area contributed by atoms with Gasteiger partial charge in [0.05, 0.1) is 0 Å². The third-order valence-electron chi connectivity index (χ3n) is 2.40. The van der Waals surface area contributed by atoms with E-state index in [0.29, 0.717) is 5.57 Å². The molecule has 1 amide bonds. The van der Waals surface area contributed by atoms with Crippen molar-refractivity contribution in [3.05, 3.63) is 23.5 Å². The van der Waals surface area contributed by atoms with Crippen molar-refractivity contribution in [2.45, 2.75) is 40.2 Å². The molecule has 0 bridgehead atoms. The molecule has 0 aromatic rings. The molecule has 0 fully saturated rings. The molecule has 94 valence electrons. The molecule has 17 heavy (non-hydrogen) atoms. The van der Waals surface area contributed by atoms with Crippen molar-refractivity contribution in [1.29, 1.82) is 0 Å². The van der Waals surface area contributed by atoms with Crippen LogP contribution in [0.25, 0.3) is 0 Å². The fraction of sp³-hybridized carbons (Fsp3) is 0.538. The van der Waals surface area contributed by atoms with Gasteiger partial charge in [0.25, 0.3) is 0 Å². The van der Waals surface area contributed by atoms with Crippen molar-refractivity contribution in [1.82, 2.24) is 4.90 Å². The number of carbonyl (C=O) groups is 2. The molecule has 0 aromatic heterocycles. The molecule has 1 aliphatic heterocycles. The first-order valence-electron chi connectivity index (χ1n) is 5.62. The summed E-state index contributed by atoms with van der Waals surface area (Å²) >= 11 is 0. The first-order valence-corrected chi connectivity index (χ1v) is 5.62. The lowest BCUT2D eigenvalue weighted by atomic mass is 9.99. The van der Waals surface area contributed by atoms with E-state index in [9.17, 15) is 9.59 Å². The number of aldehydes is 1. The van der Waals surface area contributed by atoms with Gasteiger partial charge in [-0.05, 0) is 27.7 Å². The molecule has 1 unspecified atom stereocenters. The third kappa shape index (κ3) is 3.44. The topological polar surface area (TPSA) is 46.6 Å². The minimum atomic E-state index is -0.546. The Hall–Kier alpha value is -1.58. The van der Waals surface area contributed by atoms with Crippen LogP contribution in [0.5, 0.6) is 0 Å². The Balaban J connectivity index is 2.90. The molecule has 0 aliphatic carbocycles. The lowest BCUT2D eigenvalue weighted by Gasteiger charge is -2.29. The standard InChI is InChI=1S/C13H19NO3/c1-9-6-10(2)14(7-11(9)8-15)12(16)17-13(3,4)5/h6-9H,1-5H3. The third-order valence-corrected chi connectivity index (χ3v) is 2.40. The van der Waals surface area contributed by atoms with Gasteiger partial charge in [0.15, 0.2) is 0 Å². The molecule has 0 radical (unpaired) electrons. The Morgan fingerprint density at radius 1 is 1.47 bits per heavy atom. The highest BCUT2D eigenvalue weighted by Crippen LogP contribution is 2.24. The summed E-state index contributed by atoms with van der Waals surface area (Å²) in [5.74, 6) is 0.0335. The first kappa shape index (κ1) is 13.5. The van der Waals surface area contributed by atoms with E-state index in [2.05, 4.69) is 0 Å². The van der Waals surface area contributed by atoms with Gasteiger partial charge in [0.1, 0.15) is 11.9 Å². The highest BCUT2D eigenvalue weighted by molar-refractivity contribution is 5.79. The molecular weight excluding hydrogens is 218 g/mol. The fourth-order valence-corrected chi connectivity index (χ4v) is 1.55. The van der Waals surface area contributed by atoms with Crippen LogP contribution in [0.2, 0.25) is 0 Å². The summed E-state index contributed by atoms with van der Waals surface area (Å²) in [4.78, 5) is 24.1. The summed E-state index contributed by atoms with van der Waals surface area (Å²) in [7, 11) is 0. The zero-order chi connectivity index (χ0) is 13.2. The van der Waals surface area contributed by atoms with Crippen LogP contribution in [0.3, 0.4) is 0 Å². The zero-order valence-electron chi connectivity index (χ0n) is 11.0. The molecule has 4 nitrogen and oxygen atoms in total. The largest absolute Gasteiger partial charge is 0.443 e. The Labute approximate surface area is 102 Å². The molecule has 0 saturated heterocycles. The van der Waals surface area contributed by atoms with E-state index in [-0.39, 0.29) is 5.92 Å². The van der Waals surface area contributed by atoms with Gasteiger partial charge in [-0.2, -0.15) is 0 Å². The van der Waals surface area contributed by atoms with Crippen molar-refractivity contribution in [3.8, 4) is 0 Å². The van der Waals surface area contributed by atoms with Gasteiger partial charge in [-0.25, -0.2) is 4.79 Å². The van der Waals surface area contributed by atoms with Crippen molar-refractivity contribution < 1.29 is 14.3 Å². The molecule has 1 aliphatic rings. The summed E-state index contributed by atoms with van der Waals surface area (Å²) in [5.41, 5.74) is 0.800. The molecule has 0 saturated carbocycles. The van der Waals surface area contributed by atoms with Crippen LogP contribution in [0.1, 0.15) is 34.6 Å². The van der Waals surface area contributed by atoms with E-state index in [4.69, 9.17) is 4.74 Å². The molecule has 0 spiro atoms. The first-order chi connectivity index (χ1) is 7.74. The number of nitrogens with zero attached hydrogens (tertiary/aromatic N) is 1. The van der Waals surface area contributed by atoms with Crippen molar-refractivity contribution in [2.75, 3.05) is 0 Å². The Bertz CT molecular complexity index is 388. The van der Waals surface area contributed by atoms with Crippen LogP contribution in [0, 0.1) is 5.92 Å². The lowest BCUT2D eigenvalue weighted by molar-refractivity contribution is -0.105. The SMILES string of the molecule is CC1=CC(C)C(C=O)=CN1C(=O)OC(C)(C)C. The summed E-state index contributed by atoms with van der Waals surface area (Å²) in [6.07, 6.45) is 3.72. The highest BCUT2D eigenvalue weighted by Gasteiger charge is 2.25. The average Bonchev–Trinajstić information content (AvgIpc) is 2.14. The number of rotatable bonds is 1. The number of hydrogen-bond donors (Lipinski definition) is 0. The van der Waals surface area contributed by atoms with Crippen LogP contribution >= 0.6 is 0 Å². The number of ether oxygens (including phenoxy) is 1. The van der Waals surface area contributed by atoms with Gasteiger partial charge in [-0.15, -0.1) is 0 Å². The fourth-order valence-electron chi connectivity index (χ4n) is 1.55. The van der Waals surface area contributed by atoms with E-state index in [1.165, 1.54) is 4.90 Å². The van der Waals surface area contributed by atoms with E-state index in [1.54, 1.807) is 27.0 Å². The maximum absolute atomic E-state index is 11.9. The lowest BCUT2D eigenvalue weighted by Crippen LogP contribution is -2.34. The normalized spacial score (nSPS) is 20.5. The minimum absolute atomic E-state index is 0.0335. The second kappa shape index (κ2) is 4.73. The molecule has 1 rings (SSSR count). The average molecular weight is 237 g/mol. The smallest absolute Gasteiger partial charge is 0.418 e. The predicted octanol–water partition coefficient (Wildman–Crippen LogP) is 2.86. The van der Waals surface area contributed by atoms with Gasteiger partial charge >= 0.3 is 6.09 Å². The Morgan fingerprint density at radius 2 is 2.06 bits per heavy atom. The second-order valence-corrected chi connectivity index (χ2v) is 5.19. The Morgan fingerprint density at radius 3 is 2.53 bits per heavy atom. The monoisotopic (exact) mass is 237 g/mol. The number of amides is 1. The number of allylic oxidation sites excluding steroid dienone is 3. The van der Waals surface area contributed by atoms with Crippen LogP contribution in [0.15, 0.2) is 23.5 Å². The summed E-state index contributed by atoms with van der Waals surface area (Å²) in [5, 5.41) is 0. The summed E-state index contributed by atoms with van der Waals surface area (Å²) in [6.45, 7) is 9.15. The van der Waals surface area contributed by atoms with Gasteiger partial charge in [0, 0.05) is 23.4 Å². The minimum Gasteiger partial charge on any atom is -0.443 e. The summed E-state index contributed by atoms with van der Waals surface area (Å²) < 4.78 is 5.26. The van der Waals surface area contributed by atoms with Gasteiger partial charge < -0.3 is 4.74 Å². The number of hydrogen-bond acceptors (Lipinski definition) is 3. The van der Waals surface area contributed by atoms with E-state index < -0.39 is 11.7 Å². The highest BCUT2D eigenvalue weighted by atomic mass is 16.6. The molecule has 0 N–H and O–H groups in total. The van der Waals surface area contributed by atoms with Crippen molar-refractivity contribution >= 4 is 12.4 Å². The maximum Gasteiger partial charge on any atom is 0.418 e. The second-order valence-electron chi connectivity index (χ2n) is 5.19. The molecular formula is C13H19NO3. The number of carbonyl (C=O) groups excluding carboxylic acids is 2. The van der Waals surface area contributed by atoms with Crippen LogP contribution < -0.4 is 0 Å².